The molecule has 3 heterocycles. The molecule has 0 aliphatic heterocycles. The van der Waals surface area contributed by atoms with Crippen LogP contribution in [-0.2, 0) is 6.42 Å². The Kier molecular flexibility index (Phi) is 3.37. The Morgan fingerprint density at radius 1 is 1.16 bits per heavy atom. The van der Waals surface area contributed by atoms with Crippen molar-refractivity contribution in [3.63, 3.8) is 0 Å². The first kappa shape index (κ1) is 12.0. The van der Waals surface area contributed by atoms with Gasteiger partial charge in [-0.3, -0.25) is 4.98 Å². The Bertz CT molecular complexity index is 665. The normalized spacial score (nSPS) is 10.8. The number of thiophene rings is 1. The Labute approximate surface area is 115 Å². The molecule has 5 heteroatoms. The smallest absolute Gasteiger partial charge is 0.149 e. The summed E-state index contributed by atoms with van der Waals surface area (Å²) in [4.78, 5) is 15.2. The molecule has 0 N–H and O–H groups in total. The fourth-order valence-corrected chi connectivity index (χ4v) is 2.87. The molecule has 0 unspecified atom stereocenters. The van der Waals surface area contributed by atoms with Gasteiger partial charge in [0.25, 0.3) is 0 Å². The maximum atomic E-state index is 4.40. The standard InChI is InChI=1S/C14H14N4S/c1-18(8-5-11-4-2-3-7-15-11)14-13-12(6-9-19-13)16-10-17-14/h2-4,6-7,9-10H,5,8H2,1H3. The lowest BCUT2D eigenvalue weighted by Crippen LogP contribution is -2.21. The van der Waals surface area contributed by atoms with Crippen molar-refractivity contribution in [2.45, 2.75) is 6.42 Å². The molecule has 3 aromatic rings. The van der Waals surface area contributed by atoms with Crippen LogP contribution in [0.2, 0.25) is 0 Å². The Morgan fingerprint density at radius 2 is 2.11 bits per heavy atom. The first-order chi connectivity index (χ1) is 9.34. The number of rotatable bonds is 4. The van der Waals surface area contributed by atoms with Gasteiger partial charge in [0.05, 0.1) is 10.2 Å². The van der Waals surface area contributed by atoms with Gasteiger partial charge in [-0.25, -0.2) is 9.97 Å². The molecule has 19 heavy (non-hydrogen) atoms. The molecule has 0 aliphatic rings. The van der Waals surface area contributed by atoms with Crippen LogP contribution >= 0.6 is 11.3 Å². The molecule has 3 rings (SSSR count). The minimum absolute atomic E-state index is 0.890. The van der Waals surface area contributed by atoms with Crippen LogP contribution in [0.4, 0.5) is 5.82 Å². The van der Waals surface area contributed by atoms with Crippen molar-refractivity contribution in [1.29, 1.82) is 0 Å². The topological polar surface area (TPSA) is 41.9 Å². The van der Waals surface area contributed by atoms with Crippen LogP contribution < -0.4 is 4.90 Å². The maximum Gasteiger partial charge on any atom is 0.149 e. The van der Waals surface area contributed by atoms with E-state index in [-0.39, 0.29) is 0 Å². The van der Waals surface area contributed by atoms with Crippen molar-refractivity contribution in [3.8, 4) is 0 Å². The zero-order valence-electron chi connectivity index (χ0n) is 10.7. The van der Waals surface area contributed by atoms with E-state index in [0.29, 0.717) is 0 Å². The molecule has 0 atom stereocenters. The summed E-state index contributed by atoms with van der Waals surface area (Å²) in [5, 5.41) is 2.05. The summed E-state index contributed by atoms with van der Waals surface area (Å²) in [6, 6.07) is 8.03. The maximum absolute atomic E-state index is 4.40. The number of nitrogens with zero attached hydrogens (tertiary/aromatic N) is 4. The minimum atomic E-state index is 0.890. The summed E-state index contributed by atoms with van der Waals surface area (Å²) in [6.45, 7) is 0.890. The molecule has 4 nitrogen and oxygen atoms in total. The number of anilines is 1. The van der Waals surface area contributed by atoms with Gasteiger partial charge >= 0.3 is 0 Å². The van der Waals surface area contributed by atoms with E-state index in [1.165, 1.54) is 0 Å². The van der Waals surface area contributed by atoms with Crippen molar-refractivity contribution in [3.05, 3.63) is 47.9 Å². The van der Waals surface area contributed by atoms with Gasteiger partial charge in [-0.1, -0.05) is 6.07 Å². The van der Waals surface area contributed by atoms with E-state index in [1.54, 1.807) is 17.7 Å². The van der Waals surface area contributed by atoms with Gasteiger partial charge in [0, 0.05) is 31.9 Å². The predicted molar refractivity (Wildman–Crippen MR) is 78.6 cm³/mol. The van der Waals surface area contributed by atoms with Gasteiger partial charge in [0.15, 0.2) is 0 Å². The van der Waals surface area contributed by atoms with Crippen molar-refractivity contribution >= 4 is 27.4 Å². The molecule has 0 radical (unpaired) electrons. The molecule has 0 aromatic carbocycles. The lowest BCUT2D eigenvalue weighted by Gasteiger charge is -2.18. The summed E-state index contributed by atoms with van der Waals surface area (Å²) in [5.41, 5.74) is 2.12. The van der Waals surface area contributed by atoms with Crippen LogP contribution in [-0.4, -0.2) is 28.5 Å². The molecule has 0 amide bonds. The van der Waals surface area contributed by atoms with E-state index in [2.05, 4.69) is 38.3 Å². The van der Waals surface area contributed by atoms with Crippen molar-refractivity contribution in [1.82, 2.24) is 15.0 Å². The molecule has 0 fully saturated rings. The first-order valence-electron chi connectivity index (χ1n) is 6.14. The van der Waals surface area contributed by atoms with E-state index in [4.69, 9.17) is 0 Å². The van der Waals surface area contributed by atoms with Gasteiger partial charge in [0.2, 0.25) is 0 Å². The highest BCUT2D eigenvalue weighted by Gasteiger charge is 2.09. The van der Waals surface area contributed by atoms with E-state index in [9.17, 15) is 0 Å². The fraction of sp³-hybridized carbons (Fsp3) is 0.214. The lowest BCUT2D eigenvalue weighted by molar-refractivity contribution is 0.841. The SMILES string of the molecule is CN(CCc1ccccn1)c1ncnc2ccsc12. The van der Waals surface area contributed by atoms with E-state index in [1.807, 2.05) is 24.4 Å². The monoisotopic (exact) mass is 270 g/mol. The van der Waals surface area contributed by atoms with Crippen LogP contribution in [0.3, 0.4) is 0 Å². The second kappa shape index (κ2) is 5.32. The third-order valence-corrected chi connectivity index (χ3v) is 3.92. The second-order valence-corrected chi connectivity index (χ2v) is 5.24. The summed E-state index contributed by atoms with van der Waals surface area (Å²) in [5.74, 6) is 0.996. The van der Waals surface area contributed by atoms with Gasteiger partial charge in [-0.2, -0.15) is 0 Å². The number of hydrogen-bond acceptors (Lipinski definition) is 5. The van der Waals surface area contributed by atoms with Gasteiger partial charge in [-0.15, -0.1) is 11.3 Å². The lowest BCUT2D eigenvalue weighted by atomic mass is 10.2. The van der Waals surface area contributed by atoms with Crippen molar-refractivity contribution in [2.75, 3.05) is 18.5 Å². The zero-order valence-corrected chi connectivity index (χ0v) is 11.5. The number of aromatic nitrogens is 3. The Morgan fingerprint density at radius 3 is 2.95 bits per heavy atom. The number of likely N-dealkylation sites (N-methyl/N-ethyl adjacent to an activating group) is 1. The Balaban J connectivity index is 1.77. The predicted octanol–water partition coefficient (Wildman–Crippen LogP) is 2.77. The molecule has 96 valence electrons. The largest absolute Gasteiger partial charge is 0.358 e. The molecular weight excluding hydrogens is 256 g/mol. The second-order valence-electron chi connectivity index (χ2n) is 4.32. The number of hydrogen-bond donors (Lipinski definition) is 0. The summed E-state index contributed by atoms with van der Waals surface area (Å²) in [7, 11) is 2.06. The van der Waals surface area contributed by atoms with Crippen LogP contribution in [0.1, 0.15) is 5.69 Å². The van der Waals surface area contributed by atoms with E-state index >= 15 is 0 Å². The number of pyridine rings is 1. The molecule has 0 spiro atoms. The van der Waals surface area contributed by atoms with E-state index < -0.39 is 0 Å². The van der Waals surface area contributed by atoms with Crippen LogP contribution in [0, 0.1) is 0 Å². The highest BCUT2D eigenvalue weighted by molar-refractivity contribution is 7.17. The molecule has 0 bridgehead atoms. The molecule has 0 saturated heterocycles. The Hall–Kier alpha value is -2.01. The zero-order chi connectivity index (χ0) is 13.1. The third kappa shape index (κ3) is 2.56. The van der Waals surface area contributed by atoms with Crippen LogP contribution in [0.25, 0.3) is 10.2 Å². The fourth-order valence-electron chi connectivity index (χ4n) is 1.98. The highest BCUT2D eigenvalue weighted by atomic mass is 32.1. The third-order valence-electron chi connectivity index (χ3n) is 3.02. The highest BCUT2D eigenvalue weighted by Crippen LogP contribution is 2.26. The molecule has 0 aliphatic carbocycles. The van der Waals surface area contributed by atoms with Gasteiger partial charge in [-0.05, 0) is 23.6 Å². The van der Waals surface area contributed by atoms with Gasteiger partial charge < -0.3 is 4.90 Å². The summed E-state index contributed by atoms with van der Waals surface area (Å²) < 4.78 is 1.14. The van der Waals surface area contributed by atoms with E-state index in [0.717, 1.165) is 34.7 Å². The van der Waals surface area contributed by atoms with Crippen molar-refractivity contribution < 1.29 is 0 Å². The molecule has 0 saturated carbocycles. The number of fused-ring (bicyclic) bond motifs is 1. The average Bonchev–Trinajstić information content (AvgIpc) is 2.94. The average molecular weight is 270 g/mol. The van der Waals surface area contributed by atoms with Crippen LogP contribution in [0.15, 0.2) is 42.2 Å². The van der Waals surface area contributed by atoms with Crippen molar-refractivity contribution in [2.24, 2.45) is 0 Å². The molecule has 3 aromatic heterocycles. The molecular formula is C14H14N4S. The summed E-state index contributed by atoms with van der Waals surface area (Å²) in [6.07, 6.45) is 4.37. The van der Waals surface area contributed by atoms with Gasteiger partial charge in [0.1, 0.15) is 12.1 Å². The minimum Gasteiger partial charge on any atom is -0.358 e. The summed E-state index contributed by atoms with van der Waals surface area (Å²) >= 11 is 1.68. The van der Waals surface area contributed by atoms with Crippen LogP contribution in [0.5, 0.6) is 0 Å². The quantitative estimate of drug-likeness (QED) is 0.731. The first-order valence-corrected chi connectivity index (χ1v) is 7.02.